The number of nitrogens with one attached hydrogen (secondary N) is 1. The van der Waals surface area contributed by atoms with E-state index in [1.807, 2.05) is 33.8 Å². The molecular weight excluding hydrogens is 280 g/mol. The lowest BCUT2D eigenvalue weighted by Gasteiger charge is -2.23. The molecule has 0 saturated heterocycles. The fourth-order valence-electron chi connectivity index (χ4n) is 1.91. The van der Waals surface area contributed by atoms with Crippen LogP contribution in [-0.2, 0) is 4.74 Å². The molecule has 1 N–H and O–H groups in total. The number of nitrogens with zero attached hydrogens (tertiary/aromatic N) is 3. The van der Waals surface area contributed by atoms with Crippen molar-refractivity contribution in [1.82, 2.24) is 20.5 Å². The van der Waals surface area contributed by atoms with Gasteiger partial charge in [0.1, 0.15) is 5.60 Å². The molecule has 0 saturated carbocycles. The molecule has 0 aliphatic carbocycles. The quantitative estimate of drug-likeness (QED) is 0.872. The van der Waals surface area contributed by atoms with E-state index >= 15 is 0 Å². The summed E-state index contributed by atoms with van der Waals surface area (Å²) in [6.45, 7) is 9.58. The van der Waals surface area contributed by atoms with E-state index in [2.05, 4.69) is 27.4 Å². The maximum absolute atomic E-state index is 11.9. The fraction of sp³-hybridized carbons (Fsp3) is 0.625. The zero-order valence-corrected chi connectivity index (χ0v) is 14.1. The van der Waals surface area contributed by atoms with Gasteiger partial charge in [-0.05, 0) is 46.1 Å². The van der Waals surface area contributed by atoms with E-state index in [1.54, 1.807) is 12.4 Å². The second kappa shape index (κ2) is 8.46. The van der Waals surface area contributed by atoms with Gasteiger partial charge in [-0.3, -0.25) is 0 Å². The lowest BCUT2D eigenvalue weighted by Crippen LogP contribution is -2.38. The summed E-state index contributed by atoms with van der Waals surface area (Å²) >= 11 is 0. The summed E-state index contributed by atoms with van der Waals surface area (Å²) in [5, 5.41) is 10.7. The number of rotatable bonds is 6. The van der Waals surface area contributed by atoms with Gasteiger partial charge in [0.05, 0.1) is 6.20 Å². The number of alkyl carbamates (subject to hydrolysis) is 1. The molecule has 122 valence electrons. The number of allylic oxidation sites excluding steroid dienone is 1. The molecule has 1 heterocycles. The molecule has 1 amide bonds. The van der Waals surface area contributed by atoms with E-state index in [1.165, 1.54) is 0 Å². The summed E-state index contributed by atoms with van der Waals surface area (Å²) in [5.41, 5.74) is 0.455. The maximum atomic E-state index is 11.9. The molecule has 0 spiro atoms. The first-order valence-electron chi connectivity index (χ1n) is 7.62. The van der Waals surface area contributed by atoms with Crippen molar-refractivity contribution >= 4 is 11.7 Å². The Labute approximate surface area is 132 Å². The summed E-state index contributed by atoms with van der Waals surface area (Å²) < 4.78 is 5.30. The third-order valence-corrected chi connectivity index (χ3v) is 2.90. The average molecular weight is 306 g/mol. The van der Waals surface area contributed by atoms with Crippen molar-refractivity contribution in [1.29, 1.82) is 0 Å². The molecule has 0 bridgehead atoms. The minimum Gasteiger partial charge on any atom is -0.444 e. The van der Waals surface area contributed by atoms with Crippen molar-refractivity contribution in [3.8, 4) is 0 Å². The Hall–Kier alpha value is -1.98. The van der Waals surface area contributed by atoms with Crippen molar-refractivity contribution in [2.24, 2.45) is 0 Å². The Morgan fingerprint density at radius 2 is 2.14 bits per heavy atom. The molecule has 22 heavy (non-hydrogen) atoms. The smallest absolute Gasteiger partial charge is 0.407 e. The zero-order chi connectivity index (χ0) is 16.6. The number of carbonyl (C=O) groups is 1. The zero-order valence-electron chi connectivity index (χ0n) is 14.1. The van der Waals surface area contributed by atoms with Crippen LogP contribution in [0.1, 0.15) is 59.7 Å². The van der Waals surface area contributed by atoms with Crippen LogP contribution >= 0.6 is 0 Å². The fourth-order valence-corrected chi connectivity index (χ4v) is 1.91. The van der Waals surface area contributed by atoms with Gasteiger partial charge >= 0.3 is 6.09 Å². The number of hydrogen-bond acceptors (Lipinski definition) is 5. The molecule has 0 fully saturated rings. The van der Waals surface area contributed by atoms with Gasteiger partial charge < -0.3 is 10.1 Å². The number of aromatic nitrogens is 3. The minimum atomic E-state index is -0.490. The third-order valence-electron chi connectivity index (χ3n) is 2.90. The highest BCUT2D eigenvalue weighted by atomic mass is 16.6. The molecule has 1 atom stereocenters. The normalized spacial score (nSPS) is 13.6. The Balaban J connectivity index is 2.62. The highest BCUT2D eigenvalue weighted by Crippen LogP contribution is 2.12. The van der Waals surface area contributed by atoms with Gasteiger partial charge in [-0.25, -0.2) is 9.78 Å². The largest absolute Gasteiger partial charge is 0.444 e. The SMILES string of the molecule is CCCC(CC=C(C)c1nccnn1)NC(=O)OC(C)(C)C. The van der Waals surface area contributed by atoms with Crippen LogP contribution in [0.3, 0.4) is 0 Å². The molecular formula is C16H26N4O2. The van der Waals surface area contributed by atoms with E-state index < -0.39 is 5.60 Å². The van der Waals surface area contributed by atoms with Crippen LogP contribution in [0.5, 0.6) is 0 Å². The molecule has 0 aromatic carbocycles. The number of hydrogen-bond donors (Lipinski definition) is 1. The second-order valence-electron chi connectivity index (χ2n) is 6.22. The summed E-state index contributed by atoms with van der Waals surface area (Å²) in [7, 11) is 0. The number of ether oxygens (including phenoxy) is 1. The van der Waals surface area contributed by atoms with E-state index in [0.717, 1.165) is 18.4 Å². The summed E-state index contributed by atoms with van der Waals surface area (Å²) in [6.07, 6.45) is 7.37. The van der Waals surface area contributed by atoms with E-state index in [9.17, 15) is 4.79 Å². The summed E-state index contributed by atoms with van der Waals surface area (Å²) in [6, 6.07) is 0.0338. The molecule has 0 radical (unpaired) electrons. The number of amides is 1. The molecule has 1 aromatic rings. The van der Waals surface area contributed by atoms with Crippen LogP contribution in [0.4, 0.5) is 4.79 Å². The van der Waals surface area contributed by atoms with Crippen LogP contribution in [0.25, 0.3) is 5.57 Å². The van der Waals surface area contributed by atoms with Crippen LogP contribution < -0.4 is 5.32 Å². The van der Waals surface area contributed by atoms with Crippen molar-refractivity contribution in [3.63, 3.8) is 0 Å². The van der Waals surface area contributed by atoms with E-state index in [4.69, 9.17) is 4.74 Å². The Morgan fingerprint density at radius 1 is 1.41 bits per heavy atom. The molecule has 1 aromatic heterocycles. The minimum absolute atomic E-state index is 0.0338. The maximum Gasteiger partial charge on any atom is 0.407 e. The first kappa shape index (κ1) is 18.1. The molecule has 0 aliphatic heterocycles. The van der Waals surface area contributed by atoms with Crippen LogP contribution in [0.15, 0.2) is 18.5 Å². The Bertz CT molecular complexity index is 495. The van der Waals surface area contributed by atoms with Gasteiger partial charge in [-0.2, -0.15) is 5.10 Å². The number of carbonyl (C=O) groups excluding carboxylic acids is 1. The lowest BCUT2D eigenvalue weighted by molar-refractivity contribution is 0.0502. The van der Waals surface area contributed by atoms with Gasteiger partial charge in [0.15, 0.2) is 5.82 Å². The molecule has 6 nitrogen and oxygen atoms in total. The van der Waals surface area contributed by atoms with Crippen LogP contribution in [-0.4, -0.2) is 32.9 Å². The van der Waals surface area contributed by atoms with Gasteiger partial charge in [0.25, 0.3) is 0 Å². The molecule has 1 unspecified atom stereocenters. The Morgan fingerprint density at radius 3 is 2.68 bits per heavy atom. The Kier molecular flexibility index (Phi) is 6.95. The molecule has 1 rings (SSSR count). The highest BCUT2D eigenvalue weighted by molar-refractivity contribution is 5.68. The predicted octanol–water partition coefficient (Wildman–Crippen LogP) is 3.36. The molecule has 6 heteroatoms. The summed E-state index contributed by atoms with van der Waals surface area (Å²) in [5.74, 6) is 0.606. The topological polar surface area (TPSA) is 77.0 Å². The van der Waals surface area contributed by atoms with E-state index in [-0.39, 0.29) is 12.1 Å². The first-order valence-corrected chi connectivity index (χ1v) is 7.62. The van der Waals surface area contributed by atoms with Crippen molar-refractivity contribution in [2.45, 2.75) is 65.5 Å². The van der Waals surface area contributed by atoms with Crippen molar-refractivity contribution in [2.75, 3.05) is 0 Å². The third kappa shape index (κ3) is 7.15. The van der Waals surface area contributed by atoms with Gasteiger partial charge in [-0.1, -0.05) is 19.4 Å². The van der Waals surface area contributed by atoms with Gasteiger partial charge in [0, 0.05) is 12.2 Å². The van der Waals surface area contributed by atoms with Crippen molar-refractivity contribution in [3.05, 3.63) is 24.3 Å². The van der Waals surface area contributed by atoms with Crippen LogP contribution in [0, 0.1) is 0 Å². The first-order chi connectivity index (χ1) is 10.3. The van der Waals surface area contributed by atoms with Crippen molar-refractivity contribution < 1.29 is 9.53 Å². The monoisotopic (exact) mass is 306 g/mol. The van der Waals surface area contributed by atoms with Crippen LogP contribution in [0.2, 0.25) is 0 Å². The van der Waals surface area contributed by atoms with Gasteiger partial charge in [0.2, 0.25) is 0 Å². The molecule has 0 aliphatic rings. The predicted molar refractivity (Wildman–Crippen MR) is 86.2 cm³/mol. The second-order valence-corrected chi connectivity index (χ2v) is 6.22. The highest BCUT2D eigenvalue weighted by Gasteiger charge is 2.18. The summed E-state index contributed by atoms with van der Waals surface area (Å²) in [4.78, 5) is 16.0. The average Bonchev–Trinajstić information content (AvgIpc) is 2.43. The standard InChI is InChI=1S/C16H26N4O2/c1-6-7-13(19-15(21)22-16(3,4)5)9-8-12(2)14-17-10-11-18-20-14/h8,10-11,13H,6-7,9H2,1-5H3,(H,19,21). The van der Waals surface area contributed by atoms with Gasteiger partial charge in [-0.15, -0.1) is 5.10 Å². The lowest BCUT2D eigenvalue weighted by atomic mass is 10.1. The van der Waals surface area contributed by atoms with E-state index in [0.29, 0.717) is 12.2 Å².